The monoisotopic (exact) mass is 758 g/mol. The van der Waals surface area contributed by atoms with Crippen molar-refractivity contribution in [3.05, 3.63) is 46.5 Å². The molecule has 23 nitrogen and oxygen atoms in total. The number of aliphatic hydroxyl groups is 1. The van der Waals surface area contributed by atoms with E-state index in [1.807, 2.05) is 0 Å². The molecule has 2 aromatic heterocycles. The van der Waals surface area contributed by atoms with Crippen LogP contribution in [0, 0.1) is 0 Å². The molecule has 27 heteroatoms. The van der Waals surface area contributed by atoms with E-state index in [9.17, 15) is 38.4 Å². The van der Waals surface area contributed by atoms with Gasteiger partial charge in [0, 0.05) is 25.8 Å². The number of anilines is 2. The van der Waals surface area contributed by atoms with Gasteiger partial charge in [-0.1, -0.05) is 12.1 Å². The molecule has 1 aromatic carbocycles. The number of amides is 2. The first kappa shape index (κ1) is 37.5. The summed E-state index contributed by atoms with van der Waals surface area (Å²) in [7, 11) is -9.54. The van der Waals surface area contributed by atoms with Crippen LogP contribution in [-0.2, 0) is 43.6 Å². The van der Waals surface area contributed by atoms with E-state index < -0.39 is 71.1 Å². The maximum atomic E-state index is 12.7. The summed E-state index contributed by atoms with van der Waals surface area (Å²) in [5, 5.41) is 18.9. The lowest BCUT2D eigenvalue weighted by atomic mass is 10.1. The third-order valence-electron chi connectivity index (χ3n) is 6.22. The number of nitrogen functional groups attached to an aromatic ring is 1. The number of phosphoric acid groups is 2. The Bertz CT molecular complexity index is 1870. The first-order valence-electron chi connectivity index (χ1n) is 13.2. The fraction of sp³-hybridized carbons (Fsp3) is 0.381. The number of para-hydroxylation sites is 1. The number of ether oxygens (including phenoxy) is 2. The molecule has 2 amide bonds. The van der Waals surface area contributed by atoms with Crippen molar-refractivity contribution < 1.29 is 66.0 Å². The lowest BCUT2D eigenvalue weighted by Crippen LogP contribution is -2.41. The molecule has 0 saturated carbocycles. The van der Waals surface area contributed by atoms with Gasteiger partial charge in [-0.2, -0.15) is 9.29 Å². The first-order chi connectivity index (χ1) is 22.4. The SMILES string of the molecule is CNc1ccccc1C(=O)NCCNC(=O)O[C@@H]1[C@H](O)[C@@H](COP(=O)(O)OP(=O)(O)OP(O)(O)=S)O[C@H]1n1cnc2c(=O)[nH]c(N)nc21. The minimum absolute atomic E-state index is 0.0426. The van der Waals surface area contributed by atoms with E-state index in [2.05, 4.69) is 55.9 Å². The Kier molecular flexibility index (Phi) is 11.8. The molecule has 4 rings (SSSR count). The average molecular weight is 758 g/mol. The zero-order chi connectivity index (χ0) is 35.4. The van der Waals surface area contributed by atoms with Crippen molar-refractivity contribution in [2.24, 2.45) is 0 Å². The molecule has 0 spiro atoms. The van der Waals surface area contributed by atoms with Crippen molar-refractivity contribution in [2.75, 3.05) is 37.8 Å². The van der Waals surface area contributed by atoms with E-state index >= 15 is 0 Å². The highest BCUT2D eigenvalue weighted by atomic mass is 32.5. The van der Waals surface area contributed by atoms with Crippen LogP contribution in [0.15, 0.2) is 35.4 Å². The van der Waals surface area contributed by atoms with Gasteiger partial charge in [0.2, 0.25) is 5.95 Å². The number of aromatic nitrogens is 4. The number of phosphoric ester groups is 1. The number of fused-ring (bicyclic) bond motifs is 1. The zero-order valence-electron chi connectivity index (χ0n) is 24.3. The molecule has 6 atom stereocenters. The van der Waals surface area contributed by atoms with Crippen LogP contribution in [-0.4, -0.2) is 101 Å². The molecule has 264 valence electrons. The Morgan fingerprint density at radius 3 is 2.50 bits per heavy atom. The standard InChI is InChI=1S/C21H29N8O15P3S/c1-23-11-5-3-2-4-10(11)17(31)24-6-7-25-21(33)42-15-14(30)12(8-40-45(34,35)43-46(36,37)44-47(38,39)48)41-19(15)29-9-26-13-16(29)27-20(22)28-18(13)32/h2-5,9,12,14-15,19,23,30H,6-8H2,1H3,(H,24,31)(H,25,33)(H,34,35)(H,36,37)(H2,38,39,48)(H3,22,27,28,32)/t12-,14-,15-,19-/m1/s1. The Morgan fingerprint density at radius 1 is 1.12 bits per heavy atom. The van der Waals surface area contributed by atoms with Crippen molar-refractivity contribution in [3.63, 3.8) is 0 Å². The second kappa shape index (κ2) is 15.0. The van der Waals surface area contributed by atoms with Crippen LogP contribution >= 0.6 is 22.4 Å². The number of hydrogen-bond acceptors (Lipinski definition) is 16. The summed E-state index contributed by atoms with van der Waals surface area (Å²) in [5.41, 5.74) is 5.43. The lowest BCUT2D eigenvalue weighted by molar-refractivity contribution is -0.0522. The molecule has 1 aliphatic heterocycles. The summed E-state index contributed by atoms with van der Waals surface area (Å²) in [5.74, 6) is -0.758. The molecule has 3 aromatic rings. The number of hydrogen-bond donors (Lipinski definition) is 10. The third-order valence-corrected chi connectivity index (χ3v) is 10.6. The molecule has 1 fully saturated rings. The topological polar surface area (TPSA) is 341 Å². The summed E-state index contributed by atoms with van der Waals surface area (Å²) in [6.07, 6.45) is -6.75. The van der Waals surface area contributed by atoms with Crippen LogP contribution in [0.25, 0.3) is 11.2 Å². The second-order valence-electron chi connectivity index (χ2n) is 9.57. The Morgan fingerprint density at radius 2 is 1.81 bits per heavy atom. The predicted octanol–water partition coefficient (Wildman–Crippen LogP) is -1.01. The number of benzene rings is 1. The number of H-pyrrole nitrogens is 1. The largest absolute Gasteiger partial charge is 0.488 e. The van der Waals surface area contributed by atoms with Gasteiger partial charge in [0.05, 0.1) is 18.5 Å². The molecule has 1 aliphatic rings. The Hall–Kier alpha value is -3.34. The summed E-state index contributed by atoms with van der Waals surface area (Å²) < 4.78 is 48.7. The maximum absolute atomic E-state index is 12.7. The number of nitrogens with two attached hydrogens (primary N) is 1. The fourth-order valence-corrected chi connectivity index (χ4v) is 8.10. The third kappa shape index (κ3) is 9.64. The van der Waals surface area contributed by atoms with Crippen LogP contribution in [0.3, 0.4) is 0 Å². The highest BCUT2D eigenvalue weighted by Gasteiger charge is 2.49. The maximum Gasteiger partial charge on any atom is 0.488 e. The van der Waals surface area contributed by atoms with Crippen LogP contribution in [0.1, 0.15) is 16.6 Å². The number of carbonyl (C=O) groups excluding carboxylic acids is 2. The van der Waals surface area contributed by atoms with E-state index in [-0.39, 0.29) is 30.2 Å². The molecule has 11 N–H and O–H groups in total. The van der Waals surface area contributed by atoms with E-state index in [4.69, 9.17) is 25.0 Å². The zero-order valence-corrected chi connectivity index (χ0v) is 27.8. The molecule has 48 heavy (non-hydrogen) atoms. The highest BCUT2D eigenvalue weighted by Crippen LogP contribution is 2.66. The van der Waals surface area contributed by atoms with Crippen LogP contribution in [0.5, 0.6) is 0 Å². The van der Waals surface area contributed by atoms with E-state index in [1.165, 1.54) is 0 Å². The van der Waals surface area contributed by atoms with Crippen LogP contribution < -0.4 is 27.2 Å². The molecular formula is C21H29N8O15P3S. The van der Waals surface area contributed by atoms with E-state index in [1.54, 1.807) is 31.3 Å². The van der Waals surface area contributed by atoms with Crippen molar-refractivity contribution in [1.82, 2.24) is 30.2 Å². The smallest absolute Gasteiger partial charge is 0.439 e. The van der Waals surface area contributed by atoms with Gasteiger partial charge >= 0.3 is 28.5 Å². The minimum Gasteiger partial charge on any atom is -0.439 e. The number of aromatic amines is 1. The molecular weight excluding hydrogens is 729 g/mol. The highest BCUT2D eigenvalue weighted by molar-refractivity contribution is 8.08. The number of alkyl carbamates (subject to hydrolysis) is 1. The Balaban J connectivity index is 1.46. The first-order valence-corrected chi connectivity index (χ1v) is 18.8. The quantitative estimate of drug-likeness (QED) is 0.0695. The van der Waals surface area contributed by atoms with Gasteiger partial charge in [0.1, 0.15) is 12.2 Å². The van der Waals surface area contributed by atoms with Crippen LogP contribution in [0.2, 0.25) is 0 Å². The average Bonchev–Trinajstić information content (AvgIpc) is 3.52. The van der Waals surface area contributed by atoms with Gasteiger partial charge in [0.25, 0.3) is 11.5 Å². The summed E-state index contributed by atoms with van der Waals surface area (Å²) in [6.45, 7) is -6.07. The van der Waals surface area contributed by atoms with Gasteiger partial charge in [0.15, 0.2) is 23.5 Å². The summed E-state index contributed by atoms with van der Waals surface area (Å²) in [4.78, 5) is 85.2. The molecule has 3 heterocycles. The van der Waals surface area contributed by atoms with Gasteiger partial charge in [-0.15, -0.1) is 0 Å². The van der Waals surface area contributed by atoms with Crippen molar-refractivity contribution in [1.29, 1.82) is 0 Å². The molecule has 0 radical (unpaired) electrons. The minimum atomic E-state index is -5.64. The normalized spacial score (nSPS) is 22.0. The number of aliphatic hydroxyl groups excluding tert-OH is 1. The van der Waals surface area contributed by atoms with Crippen molar-refractivity contribution >= 4 is 69.0 Å². The number of rotatable bonds is 14. The van der Waals surface area contributed by atoms with E-state index in [0.29, 0.717) is 11.3 Å². The van der Waals surface area contributed by atoms with Gasteiger partial charge in [-0.3, -0.25) is 23.7 Å². The van der Waals surface area contributed by atoms with Crippen LogP contribution in [0.4, 0.5) is 16.4 Å². The molecule has 1 saturated heterocycles. The molecule has 0 aliphatic carbocycles. The summed E-state index contributed by atoms with van der Waals surface area (Å²) in [6, 6.07) is 6.70. The van der Waals surface area contributed by atoms with Crippen molar-refractivity contribution in [3.8, 4) is 0 Å². The van der Waals surface area contributed by atoms with Gasteiger partial charge in [-0.05, 0) is 23.9 Å². The number of carbonyl (C=O) groups is 2. The Labute approximate surface area is 273 Å². The fourth-order valence-electron chi connectivity index (χ4n) is 4.31. The van der Waals surface area contributed by atoms with Gasteiger partial charge in [-0.25, -0.2) is 23.2 Å². The molecule has 2 unspecified atom stereocenters. The predicted molar refractivity (Wildman–Crippen MR) is 166 cm³/mol. The number of nitrogens with zero attached hydrogens (tertiary/aromatic N) is 3. The van der Waals surface area contributed by atoms with Gasteiger partial charge < -0.3 is 55.8 Å². The summed E-state index contributed by atoms with van der Waals surface area (Å²) >= 11 is 4.03. The number of nitrogens with one attached hydrogen (secondary N) is 4. The molecule has 0 bridgehead atoms. The lowest BCUT2D eigenvalue weighted by Gasteiger charge is -2.22. The number of imidazole rings is 1. The van der Waals surface area contributed by atoms with E-state index in [0.717, 1.165) is 10.9 Å². The van der Waals surface area contributed by atoms with Crippen molar-refractivity contribution in [2.45, 2.75) is 24.5 Å². The second-order valence-corrected chi connectivity index (χ2v) is 15.4.